The van der Waals surface area contributed by atoms with Gasteiger partial charge in [0.2, 0.25) is 0 Å². The van der Waals surface area contributed by atoms with Crippen molar-refractivity contribution < 1.29 is 0 Å². The first-order valence-electron chi connectivity index (χ1n) is 4.20. The molecule has 66 valence electrons. The summed E-state index contributed by atoms with van der Waals surface area (Å²) in [7, 11) is 0. The lowest BCUT2D eigenvalue weighted by atomic mass is 9.75. The van der Waals surface area contributed by atoms with E-state index in [1.165, 1.54) is 0 Å². The minimum absolute atomic E-state index is 0.133. The molecule has 0 N–H and O–H groups in total. The van der Waals surface area contributed by atoms with Gasteiger partial charge in [-0.25, -0.2) is 4.99 Å². The SMILES string of the molecule is CC(C)(C)C1(C)C=CC=NC=N1. The fourth-order valence-corrected chi connectivity index (χ4v) is 0.959. The summed E-state index contributed by atoms with van der Waals surface area (Å²) in [5, 5.41) is 0. The summed E-state index contributed by atoms with van der Waals surface area (Å²) < 4.78 is 0. The quantitative estimate of drug-likeness (QED) is 0.525. The first-order chi connectivity index (χ1) is 5.46. The van der Waals surface area contributed by atoms with E-state index in [4.69, 9.17) is 0 Å². The Bertz CT molecular complexity index is 225. The summed E-state index contributed by atoms with van der Waals surface area (Å²) >= 11 is 0. The summed E-state index contributed by atoms with van der Waals surface area (Å²) in [6, 6.07) is 0. The maximum atomic E-state index is 4.42. The maximum absolute atomic E-state index is 4.42. The Morgan fingerprint density at radius 2 is 1.92 bits per heavy atom. The molecular weight excluding hydrogens is 148 g/mol. The molecule has 0 fully saturated rings. The Morgan fingerprint density at radius 3 is 2.50 bits per heavy atom. The zero-order chi connectivity index (χ0) is 9.24. The van der Waals surface area contributed by atoms with Crippen molar-refractivity contribution in [3.05, 3.63) is 12.2 Å². The van der Waals surface area contributed by atoms with Crippen molar-refractivity contribution in [2.45, 2.75) is 33.2 Å². The number of hydrogen-bond donors (Lipinski definition) is 0. The Morgan fingerprint density at radius 1 is 1.25 bits per heavy atom. The van der Waals surface area contributed by atoms with Gasteiger partial charge in [-0.05, 0) is 18.4 Å². The van der Waals surface area contributed by atoms with Gasteiger partial charge in [-0.1, -0.05) is 26.8 Å². The first-order valence-corrected chi connectivity index (χ1v) is 4.20. The van der Waals surface area contributed by atoms with Gasteiger partial charge in [0.05, 0.1) is 5.54 Å². The highest BCUT2D eigenvalue weighted by Gasteiger charge is 2.34. The van der Waals surface area contributed by atoms with E-state index in [0.29, 0.717) is 0 Å². The predicted octanol–water partition coefficient (Wildman–Crippen LogP) is 2.46. The van der Waals surface area contributed by atoms with Crippen molar-refractivity contribution in [1.82, 2.24) is 0 Å². The first kappa shape index (κ1) is 9.17. The number of hydrogen-bond acceptors (Lipinski definition) is 2. The minimum atomic E-state index is -0.135. The maximum Gasteiger partial charge on any atom is 0.110 e. The molecule has 1 unspecified atom stereocenters. The Labute approximate surface area is 74.1 Å². The van der Waals surface area contributed by atoms with Crippen LogP contribution in [-0.2, 0) is 0 Å². The molecular formula is C10H16N2. The van der Waals surface area contributed by atoms with E-state index >= 15 is 0 Å². The molecule has 0 spiro atoms. The highest BCUT2D eigenvalue weighted by atomic mass is 14.9. The van der Waals surface area contributed by atoms with Gasteiger partial charge in [-0.15, -0.1) is 0 Å². The molecule has 0 saturated carbocycles. The van der Waals surface area contributed by atoms with Crippen molar-refractivity contribution in [1.29, 1.82) is 0 Å². The lowest BCUT2D eigenvalue weighted by Crippen LogP contribution is -2.35. The monoisotopic (exact) mass is 164 g/mol. The van der Waals surface area contributed by atoms with E-state index in [0.717, 1.165) is 0 Å². The second-order valence-corrected chi connectivity index (χ2v) is 4.30. The largest absolute Gasteiger partial charge is 0.262 e. The van der Waals surface area contributed by atoms with Crippen molar-refractivity contribution in [2.24, 2.45) is 15.4 Å². The molecule has 0 bridgehead atoms. The van der Waals surface area contributed by atoms with Crippen LogP contribution in [0, 0.1) is 5.41 Å². The van der Waals surface area contributed by atoms with Crippen LogP contribution in [0.15, 0.2) is 22.1 Å². The van der Waals surface area contributed by atoms with Gasteiger partial charge in [0.15, 0.2) is 0 Å². The molecule has 0 aromatic carbocycles. The van der Waals surface area contributed by atoms with Gasteiger partial charge in [0.1, 0.15) is 6.34 Å². The summed E-state index contributed by atoms with van der Waals surface area (Å²) in [5.41, 5.74) is -0.00278. The van der Waals surface area contributed by atoms with Gasteiger partial charge >= 0.3 is 0 Å². The third-order valence-corrected chi connectivity index (χ3v) is 2.50. The van der Waals surface area contributed by atoms with E-state index < -0.39 is 0 Å². The molecule has 2 nitrogen and oxygen atoms in total. The van der Waals surface area contributed by atoms with E-state index in [9.17, 15) is 0 Å². The van der Waals surface area contributed by atoms with Gasteiger partial charge in [-0.2, -0.15) is 0 Å². The number of aliphatic imine (C=N–C) groups is 2. The molecule has 0 amide bonds. The van der Waals surface area contributed by atoms with Crippen molar-refractivity contribution in [2.75, 3.05) is 0 Å². The van der Waals surface area contributed by atoms with Crippen molar-refractivity contribution in [3.8, 4) is 0 Å². The Balaban J connectivity index is 2.99. The lowest BCUT2D eigenvalue weighted by Gasteiger charge is -2.35. The van der Waals surface area contributed by atoms with Crippen LogP contribution in [0.25, 0.3) is 0 Å². The highest BCUT2D eigenvalue weighted by molar-refractivity contribution is 5.81. The summed E-state index contributed by atoms with van der Waals surface area (Å²) in [6.45, 7) is 8.66. The van der Waals surface area contributed by atoms with Crippen molar-refractivity contribution in [3.63, 3.8) is 0 Å². The number of allylic oxidation sites excluding steroid dienone is 1. The fourth-order valence-electron chi connectivity index (χ4n) is 0.959. The van der Waals surface area contributed by atoms with E-state index in [2.05, 4.69) is 43.8 Å². The highest BCUT2D eigenvalue weighted by Crippen LogP contribution is 2.34. The second kappa shape index (κ2) is 2.85. The van der Waals surface area contributed by atoms with E-state index in [-0.39, 0.29) is 11.0 Å². The predicted molar refractivity (Wildman–Crippen MR) is 54.0 cm³/mol. The molecule has 0 aromatic rings. The fraction of sp³-hybridized carbons (Fsp3) is 0.600. The zero-order valence-corrected chi connectivity index (χ0v) is 8.20. The van der Waals surface area contributed by atoms with E-state index in [1.807, 2.05) is 6.08 Å². The average Bonchev–Trinajstić information content (AvgIpc) is 2.12. The molecule has 0 saturated heterocycles. The van der Waals surface area contributed by atoms with Crippen LogP contribution in [0.4, 0.5) is 0 Å². The molecule has 1 aliphatic rings. The second-order valence-electron chi connectivity index (χ2n) is 4.30. The molecule has 2 heteroatoms. The van der Waals surface area contributed by atoms with Crippen LogP contribution in [0.2, 0.25) is 0 Å². The standard InChI is InChI=1S/C10H16N2/c1-9(2,3)10(4)6-5-7-11-8-12-10/h5-8H,1-4H3. The van der Waals surface area contributed by atoms with Crippen molar-refractivity contribution >= 4 is 12.6 Å². The normalized spacial score (nSPS) is 29.0. The number of rotatable bonds is 0. The van der Waals surface area contributed by atoms with Gasteiger partial charge in [0, 0.05) is 6.21 Å². The van der Waals surface area contributed by atoms with E-state index in [1.54, 1.807) is 12.6 Å². The molecule has 0 radical (unpaired) electrons. The van der Waals surface area contributed by atoms with Crippen LogP contribution in [0.3, 0.4) is 0 Å². The number of nitrogens with zero attached hydrogens (tertiary/aromatic N) is 2. The molecule has 0 aromatic heterocycles. The van der Waals surface area contributed by atoms with Crippen LogP contribution in [0.5, 0.6) is 0 Å². The Hall–Kier alpha value is -0.920. The van der Waals surface area contributed by atoms with Gasteiger partial charge in [-0.3, -0.25) is 4.99 Å². The van der Waals surface area contributed by atoms with Crippen LogP contribution in [0.1, 0.15) is 27.7 Å². The lowest BCUT2D eigenvalue weighted by molar-refractivity contribution is 0.266. The van der Waals surface area contributed by atoms with Gasteiger partial charge in [0.25, 0.3) is 0 Å². The average molecular weight is 164 g/mol. The third kappa shape index (κ3) is 1.63. The molecule has 0 aliphatic carbocycles. The smallest absolute Gasteiger partial charge is 0.110 e. The summed E-state index contributed by atoms with van der Waals surface area (Å²) in [4.78, 5) is 8.39. The van der Waals surface area contributed by atoms with Gasteiger partial charge < -0.3 is 0 Å². The van der Waals surface area contributed by atoms with Crippen LogP contribution < -0.4 is 0 Å². The summed E-state index contributed by atoms with van der Waals surface area (Å²) in [5.74, 6) is 0. The van der Waals surface area contributed by atoms with Crippen LogP contribution in [-0.4, -0.2) is 18.1 Å². The Kier molecular flexibility index (Phi) is 2.18. The zero-order valence-electron chi connectivity index (χ0n) is 8.20. The molecule has 1 heterocycles. The molecule has 1 atom stereocenters. The molecule has 12 heavy (non-hydrogen) atoms. The molecule has 1 aliphatic heterocycles. The molecule has 1 rings (SSSR count). The third-order valence-electron chi connectivity index (χ3n) is 2.50. The van der Waals surface area contributed by atoms with Crippen LogP contribution >= 0.6 is 0 Å². The summed E-state index contributed by atoms with van der Waals surface area (Å²) in [6.07, 6.45) is 7.45. The topological polar surface area (TPSA) is 24.7 Å². The minimum Gasteiger partial charge on any atom is -0.262 e.